The van der Waals surface area contributed by atoms with E-state index >= 15 is 0 Å². The van der Waals surface area contributed by atoms with Crippen molar-refractivity contribution < 1.29 is 18.8 Å². The molecule has 0 aliphatic carbocycles. The maximum atomic E-state index is 13.8. The van der Waals surface area contributed by atoms with Crippen molar-refractivity contribution >= 4 is 40.6 Å². The molecule has 0 aliphatic rings. The number of furan rings is 1. The molecule has 3 rings (SSSR count). The molecule has 10 heteroatoms. The van der Waals surface area contributed by atoms with E-state index in [1.165, 1.54) is 11.2 Å². The fraction of sp³-hybridized carbons (Fsp3) is 0.333. The summed E-state index contributed by atoms with van der Waals surface area (Å²) in [5, 5.41) is 2.91. The minimum Gasteiger partial charge on any atom is -0.467 e. The van der Waals surface area contributed by atoms with Crippen LogP contribution in [0.15, 0.2) is 47.1 Å². The normalized spacial score (nSPS) is 11.9. The summed E-state index contributed by atoms with van der Waals surface area (Å²) >= 11 is 0.762. The SMILES string of the molecule is CCc1ccc(N(C(=O)c2snc(C(N)=O)c2N)[C@H](C(=O)NCCC(C)C)c2ccco2)cc1. The van der Waals surface area contributed by atoms with Gasteiger partial charge < -0.3 is 21.2 Å². The molecule has 3 amide bonds. The van der Waals surface area contributed by atoms with Crippen LogP contribution >= 0.6 is 11.5 Å². The molecule has 0 aliphatic heterocycles. The zero-order valence-electron chi connectivity index (χ0n) is 19.4. The van der Waals surface area contributed by atoms with Crippen LogP contribution in [0.2, 0.25) is 0 Å². The van der Waals surface area contributed by atoms with Gasteiger partial charge in [-0.2, -0.15) is 4.37 Å². The summed E-state index contributed by atoms with van der Waals surface area (Å²) in [5.41, 5.74) is 12.6. The topological polar surface area (TPSA) is 145 Å². The average Bonchev–Trinajstić information content (AvgIpc) is 3.46. The number of carbonyl (C=O) groups is 3. The highest BCUT2D eigenvalue weighted by Crippen LogP contribution is 2.33. The fourth-order valence-electron chi connectivity index (χ4n) is 3.42. The number of hydrogen-bond donors (Lipinski definition) is 3. The second-order valence-electron chi connectivity index (χ2n) is 8.22. The maximum absolute atomic E-state index is 13.8. The average molecular weight is 484 g/mol. The lowest BCUT2D eigenvalue weighted by Crippen LogP contribution is -2.44. The first kappa shape index (κ1) is 25.0. The standard InChI is InChI=1S/C24H29N5O4S/c1-4-15-7-9-16(10-8-15)29(24(32)21-18(25)19(22(26)30)28-34-21)20(17-6-5-13-33-17)23(31)27-12-11-14(2)3/h5-10,13-14,20H,4,11-12,25H2,1-3H3,(H2,26,30)(H,27,31)/t20-/m0/s1. The summed E-state index contributed by atoms with van der Waals surface area (Å²) in [7, 11) is 0. The molecule has 5 N–H and O–H groups in total. The monoisotopic (exact) mass is 483 g/mol. The van der Waals surface area contributed by atoms with Crippen LogP contribution in [0.1, 0.15) is 64.7 Å². The molecular formula is C24H29N5O4S. The smallest absolute Gasteiger partial charge is 0.273 e. The van der Waals surface area contributed by atoms with Gasteiger partial charge in [-0.15, -0.1) is 0 Å². The number of benzene rings is 1. The molecule has 9 nitrogen and oxygen atoms in total. The number of anilines is 2. The Kier molecular flexibility index (Phi) is 8.06. The van der Waals surface area contributed by atoms with Gasteiger partial charge in [0.15, 0.2) is 11.7 Å². The van der Waals surface area contributed by atoms with Crippen molar-refractivity contribution in [2.45, 2.75) is 39.7 Å². The molecule has 0 unspecified atom stereocenters. The molecule has 0 saturated carbocycles. The van der Waals surface area contributed by atoms with Crippen LogP contribution < -0.4 is 21.7 Å². The fourth-order valence-corrected chi connectivity index (χ4v) is 4.16. The number of hydrogen-bond acceptors (Lipinski definition) is 7. The van der Waals surface area contributed by atoms with Gasteiger partial charge in [-0.25, -0.2) is 0 Å². The van der Waals surface area contributed by atoms with E-state index in [1.807, 2.05) is 19.1 Å². The minimum absolute atomic E-state index is 0.0138. The maximum Gasteiger partial charge on any atom is 0.273 e. The molecular weight excluding hydrogens is 454 g/mol. The lowest BCUT2D eigenvalue weighted by atomic mass is 10.1. The number of primary amides is 1. The first-order valence-corrected chi connectivity index (χ1v) is 11.8. The number of nitrogens with one attached hydrogen (secondary N) is 1. The van der Waals surface area contributed by atoms with Crippen LogP contribution in [0.4, 0.5) is 11.4 Å². The van der Waals surface area contributed by atoms with Crippen molar-refractivity contribution in [1.82, 2.24) is 9.69 Å². The van der Waals surface area contributed by atoms with Gasteiger partial charge in [-0.3, -0.25) is 19.3 Å². The van der Waals surface area contributed by atoms with E-state index in [2.05, 4.69) is 23.5 Å². The van der Waals surface area contributed by atoms with E-state index in [-0.39, 0.29) is 22.0 Å². The van der Waals surface area contributed by atoms with Gasteiger partial charge in [0.25, 0.3) is 17.7 Å². The predicted molar refractivity (Wildman–Crippen MR) is 132 cm³/mol. The molecule has 2 aromatic heterocycles. The molecule has 0 bridgehead atoms. The Hall–Kier alpha value is -3.66. The lowest BCUT2D eigenvalue weighted by molar-refractivity contribution is -0.122. The number of aromatic nitrogens is 1. The highest BCUT2D eigenvalue weighted by Gasteiger charge is 2.37. The van der Waals surface area contributed by atoms with Gasteiger partial charge in [-0.05, 0) is 60.1 Å². The van der Waals surface area contributed by atoms with E-state index in [9.17, 15) is 14.4 Å². The molecule has 0 fully saturated rings. The van der Waals surface area contributed by atoms with Crippen molar-refractivity contribution in [3.63, 3.8) is 0 Å². The van der Waals surface area contributed by atoms with E-state index in [0.717, 1.165) is 29.9 Å². The number of amides is 3. The molecule has 180 valence electrons. The van der Waals surface area contributed by atoms with Crippen LogP contribution in [0, 0.1) is 5.92 Å². The van der Waals surface area contributed by atoms with Crippen LogP contribution in [-0.2, 0) is 11.2 Å². The van der Waals surface area contributed by atoms with E-state index in [4.69, 9.17) is 15.9 Å². The summed E-state index contributed by atoms with van der Waals surface area (Å²) in [4.78, 5) is 40.2. The third kappa shape index (κ3) is 5.45. The van der Waals surface area contributed by atoms with E-state index in [1.54, 1.807) is 24.3 Å². The largest absolute Gasteiger partial charge is 0.467 e. The van der Waals surface area contributed by atoms with Crippen LogP contribution in [0.5, 0.6) is 0 Å². The van der Waals surface area contributed by atoms with Crippen molar-refractivity contribution in [2.24, 2.45) is 11.7 Å². The Morgan fingerprint density at radius 3 is 2.41 bits per heavy atom. The Morgan fingerprint density at radius 2 is 1.88 bits per heavy atom. The van der Waals surface area contributed by atoms with Gasteiger partial charge in [0.2, 0.25) is 0 Å². The Labute approximate surface area is 202 Å². The van der Waals surface area contributed by atoms with Crippen LogP contribution in [-0.4, -0.2) is 28.6 Å². The second-order valence-corrected chi connectivity index (χ2v) is 9.00. The first-order valence-electron chi connectivity index (χ1n) is 11.0. The molecule has 2 heterocycles. The van der Waals surface area contributed by atoms with Crippen LogP contribution in [0.3, 0.4) is 0 Å². The minimum atomic E-state index is -1.11. The van der Waals surface area contributed by atoms with Crippen molar-refractivity contribution in [3.8, 4) is 0 Å². The van der Waals surface area contributed by atoms with Gasteiger partial charge in [-0.1, -0.05) is 32.9 Å². The quantitative estimate of drug-likeness (QED) is 0.402. The van der Waals surface area contributed by atoms with E-state index in [0.29, 0.717) is 18.2 Å². The predicted octanol–water partition coefficient (Wildman–Crippen LogP) is 3.53. The Bertz CT molecular complexity index is 1140. The molecule has 1 aromatic carbocycles. The molecule has 34 heavy (non-hydrogen) atoms. The van der Waals surface area contributed by atoms with Crippen LogP contribution in [0.25, 0.3) is 0 Å². The lowest BCUT2D eigenvalue weighted by Gasteiger charge is -2.30. The summed E-state index contributed by atoms with van der Waals surface area (Å²) in [6.07, 6.45) is 3.04. The summed E-state index contributed by atoms with van der Waals surface area (Å²) in [6, 6.07) is 9.48. The number of aryl methyl sites for hydroxylation is 1. The highest BCUT2D eigenvalue weighted by atomic mass is 32.1. The van der Waals surface area contributed by atoms with Crippen molar-refractivity contribution in [2.75, 3.05) is 17.2 Å². The molecule has 3 aromatic rings. The zero-order chi connectivity index (χ0) is 24.8. The summed E-state index contributed by atoms with van der Waals surface area (Å²) in [6.45, 7) is 6.59. The molecule has 0 spiro atoms. The number of nitrogen functional groups attached to an aromatic ring is 1. The van der Waals surface area contributed by atoms with Crippen molar-refractivity contribution in [3.05, 3.63) is 64.6 Å². The number of nitrogens with two attached hydrogens (primary N) is 2. The number of nitrogens with zero attached hydrogens (tertiary/aromatic N) is 2. The van der Waals surface area contributed by atoms with Crippen molar-refractivity contribution in [1.29, 1.82) is 0 Å². The Morgan fingerprint density at radius 1 is 1.18 bits per heavy atom. The number of carbonyl (C=O) groups excluding carboxylic acids is 3. The molecule has 0 saturated heterocycles. The third-order valence-electron chi connectivity index (χ3n) is 5.34. The first-order chi connectivity index (χ1) is 16.2. The zero-order valence-corrected chi connectivity index (χ0v) is 20.2. The third-order valence-corrected chi connectivity index (χ3v) is 6.19. The van der Waals surface area contributed by atoms with Gasteiger partial charge in [0, 0.05) is 12.2 Å². The highest BCUT2D eigenvalue weighted by molar-refractivity contribution is 7.09. The van der Waals surface area contributed by atoms with Gasteiger partial charge in [0.1, 0.15) is 10.6 Å². The molecule has 1 atom stereocenters. The summed E-state index contributed by atoms with van der Waals surface area (Å²) < 4.78 is 9.53. The second kappa shape index (κ2) is 11.0. The van der Waals surface area contributed by atoms with Gasteiger partial charge >= 0.3 is 0 Å². The number of rotatable bonds is 10. The Balaban J connectivity index is 2.10. The molecule has 0 radical (unpaired) electrons. The van der Waals surface area contributed by atoms with Gasteiger partial charge in [0.05, 0.1) is 12.0 Å². The summed E-state index contributed by atoms with van der Waals surface area (Å²) in [5.74, 6) is -1.14. The van der Waals surface area contributed by atoms with E-state index < -0.39 is 23.8 Å².